The Balaban J connectivity index is 2.22. The molecule has 0 aliphatic rings. The molecular weight excluding hydrogens is 294 g/mol. The SMILES string of the molecule is CCOCC(C)Nc1cc(-c2cccc(OC)c2)nn1CCO. The van der Waals surface area contributed by atoms with Crippen LogP contribution in [0, 0.1) is 0 Å². The van der Waals surface area contributed by atoms with Crippen LogP contribution in [0.3, 0.4) is 0 Å². The number of nitrogens with one attached hydrogen (secondary N) is 1. The lowest BCUT2D eigenvalue weighted by molar-refractivity contribution is 0.141. The fraction of sp³-hybridized carbons (Fsp3) is 0.471. The molecule has 1 atom stereocenters. The Labute approximate surface area is 137 Å². The minimum Gasteiger partial charge on any atom is -0.497 e. The molecule has 6 heteroatoms. The monoisotopic (exact) mass is 319 g/mol. The maximum atomic E-state index is 9.25. The zero-order chi connectivity index (χ0) is 16.7. The van der Waals surface area contributed by atoms with Gasteiger partial charge < -0.3 is 19.9 Å². The summed E-state index contributed by atoms with van der Waals surface area (Å²) in [6.45, 7) is 5.81. The summed E-state index contributed by atoms with van der Waals surface area (Å²) in [5.74, 6) is 1.66. The Hall–Kier alpha value is -2.05. The number of benzene rings is 1. The maximum Gasteiger partial charge on any atom is 0.125 e. The van der Waals surface area contributed by atoms with Gasteiger partial charge in [-0.3, -0.25) is 0 Å². The molecule has 1 aromatic carbocycles. The van der Waals surface area contributed by atoms with Gasteiger partial charge in [-0.1, -0.05) is 12.1 Å². The Morgan fingerprint density at radius 2 is 2.17 bits per heavy atom. The largest absolute Gasteiger partial charge is 0.497 e. The normalized spacial score (nSPS) is 12.2. The van der Waals surface area contributed by atoms with Crippen molar-refractivity contribution in [3.63, 3.8) is 0 Å². The van der Waals surface area contributed by atoms with Crippen LogP contribution in [0.25, 0.3) is 11.3 Å². The van der Waals surface area contributed by atoms with Gasteiger partial charge in [-0.2, -0.15) is 5.10 Å². The minimum atomic E-state index is 0.0355. The van der Waals surface area contributed by atoms with Gasteiger partial charge in [0.05, 0.1) is 32.6 Å². The first kappa shape index (κ1) is 17.3. The van der Waals surface area contributed by atoms with Gasteiger partial charge in [0, 0.05) is 24.3 Å². The van der Waals surface area contributed by atoms with Gasteiger partial charge in [0.1, 0.15) is 11.6 Å². The molecule has 1 aromatic heterocycles. The quantitative estimate of drug-likeness (QED) is 0.743. The molecule has 23 heavy (non-hydrogen) atoms. The number of ether oxygens (including phenoxy) is 2. The van der Waals surface area contributed by atoms with Gasteiger partial charge >= 0.3 is 0 Å². The maximum absolute atomic E-state index is 9.25. The van der Waals surface area contributed by atoms with Gasteiger partial charge in [-0.25, -0.2) is 4.68 Å². The van der Waals surface area contributed by atoms with E-state index in [4.69, 9.17) is 9.47 Å². The van der Waals surface area contributed by atoms with Crippen LogP contribution < -0.4 is 10.1 Å². The number of aliphatic hydroxyl groups excluding tert-OH is 1. The van der Waals surface area contributed by atoms with Crippen molar-refractivity contribution in [3.8, 4) is 17.0 Å². The fourth-order valence-electron chi connectivity index (χ4n) is 2.31. The van der Waals surface area contributed by atoms with Crippen LogP contribution in [0.2, 0.25) is 0 Å². The van der Waals surface area contributed by atoms with Crippen LogP contribution in [0.5, 0.6) is 5.75 Å². The Bertz CT molecular complexity index is 613. The molecular formula is C17H25N3O3. The number of aliphatic hydroxyl groups is 1. The van der Waals surface area contributed by atoms with Gasteiger partial charge in [-0.05, 0) is 26.0 Å². The number of methoxy groups -OCH3 is 1. The first-order chi connectivity index (χ1) is 11.2. The average Bonchev–Trinajstić information content (AvgIpc) is 2.96. The summed E-state index contributed by atoms with van der Waals surface area (Å²) in [6, 6.07) is 9.90. The lowest BCUT2D eigenvalue weighted by Gasteiger charge is -2.15. The summed E-state index contributed by atoms with van der Waals surface area (Å²) in [5, 5.41) is 17.2. The van der Waals surface area contributed by atoms with Gasteiger partial charge in [0.15, 0.2) is 0 Å². The van der Waals surface area contributed by atoms with E-state index in [2.05, 4.69) is 17.3 Å². The molecule has 0 aliphatic heterocycles. The van der Waals surface area contributed by atoms with Crippen molar-refractivity contribution in [2.75, 3.05) is 32.2 Å². The number of aromatic nitrogens is 2. The molecule has 1 heterocycles. The molecule has 0 spiro atoms. The highest BCUT2D eigenvalue weighted by Crippen LogP contribution is 2.25. The van der Waals surface area contributed by atoms with Crippen LogP contribution in [-0.2, 0) is 11.3 Å². The highest BCUT2D eigenvalue weighted by atomic mass is 16.5. The summed E-state index contributed by atoms with van der Waals surface area (Å²) < 4.78 is 12.5. The topological polar surface area (TPSA) is 68.5 Å². The third kappa shape index (κ3) is 4.71. The van der Waals surface area contributed by atoms with E-state index in [1.165, 1.54) is 0 Å². The van der Waals surface area contributed by atoms with Gasteiger partial charge in [-0.15, -0.1) is 0 Å². The first-order valence-electron chi connectivity index (χ1n) is 7.85. The number of rotatable bonds is 9. The predicted molar refractivity (Wildman–Crippen MR) is 90.9 cm³/mol. The van der Waals surface area contributed by atoms with Crippen LogP contribution in [0.15, 0.2) is 30.3 Å². The standard InChI is InChI=1S/C17H25N3O3/c1-4-23-12-13(2)18-17-11-16(19-20(17)8-9-21)14-6-5-7-15(10-14)22-3/h5-7,10-11,13,18,21H,4,8-9,12H2,1-3H3. The van der Waals surface area contributed by atoms with E-state index in [0.717, 1.165) is 22.8 Å². The zero-order valence-electron chi connectivity index (χ0n) is 14.0. The molecule has 0 amide bonds. The zero-order valence-corrected chi connectivity index (χ0v) is 14.0. The molecule has 0 fully saturated rings. The number of hydrogen-bond acceptors (Lipinski definition) is 5. The number of hydrogen-bond donors (Lipinski definition) is 2. The van der Waals surface area contributed by atoms with E-state index in [-0.39, 0.29) is 12.6 Å². The lowest BCUT2D eigenvalue weighted by Crippen LogP contribution is -2.24. The summed E-state index contributed by atoms with van der Waals surface area (Å²) in [4.78, 5) is 0. The lowest BCUT2D eigenvalue weighted by atomic mass is 10.1. The van der Waals surface area contributed by atoms with Crippen LogP contribution >= 0.6 is 0 Å². The summed E-state index contributed by atoms with van der Waals surface area (Å²) in [7, 11) is 1.64. The van der Waals surface area contributed by atoms with Crippen LogP contribution in [0.4, 0.5) is 5.82 Å². The molecule has 126 valence electrons. The molecule has 0 saturated heterocycles. The van der Waals surface area contributed by atoms with Crippen molar-refractivity contribution in [1.82, 2.24) is 9.78 Å². The van der Waals surface area contributed by atoms with Crippen molar-refractivity contribution in [2.45, 2.75) is 26.4 Å². The van der Waals surface area contributed by atoms with Crippen LogP contribution in [-0.4, -0.2) is 47.9 Å². The van der Waals surface area contributed by atoms with Gasteiger partial charge in [0.25, 0.3) is 0 Å². The fourth-order valence-corrected chi connectivity index (χ4v) is 2.31. The second-order valence-electron chi connectivity index (χ2n) is 5.30. The molecule has 0 bridgehead atoms. The molecule has 2 aromatic rings. The Morgan fingerprint density at radius 3 is 2.87 bits per heavy atom. The number of nitrogens with zero attached hydrogens (tertiary/aromatic N) is 2. The van der Waals surface area contributed by atoms with E-state index in [1.807, 2.05) is 37.3 Å². The highest BCUT2D eigenvalue weighted by molar-refractivity contribution is 5.64. The van der Waals surface area contributed by atoms with Crippen LogP contribution in [0.1, 0.15) is 13.8 Å². The smallest absolute Gasteiger partial charge is 0.125 e. The van der Waals surface area contributed by atoms with E-state index >= 15 is 0 Å². The van der Waals surface area contributed by atoms with Crippen molar-refractivity contribution in [2.24, 2.45) is 0 Å². The second-order valence-corrected chi connectivity index (χ2v) is 5.30. The predicted octanol–water partition coefficient (Wildman–Crippen LogP) is 2.39. The molecule has 0 radical (unpaired) electrons. The van der Waals surface area contributed by atoms with E-state index in [0.29, 0.717) is 19.8 Å². The molecule has 0 saturated carbocycles. The van der Waals surface area contributed by atoms with E-state index < -0.39 is 0 Å². The summed E-state index contributed by atoms with van der Waals surface area (Å²) in [6.07, 6.45) is 0. The molecule has 1 unspecified atom stereocenters. The first-order valence-corrected chi connectivity index (χ1v) is 7.85. The van der Waals surface area contributed by atoms with E-state index in [9.17, 15) is 5.11 Å². The van der Waals surface area contributed by atoms with Crippen molar-refractivity contribution >= 4 is 5.82 Å². The molecule has 0 aliphatic carbocycles. The van der Waals surface area contributed by atoms with E-state index in [1.54, 1.807) is 11.8 Å². The van der Waals surface area contributed by atoms with Crippen molar-refractivity contribution < 1.29 is 14.6 Å². The molecule has 2 N–H and O–H groups in total. The van der Waals surface area contributed by atoms with Crippen molar-refractivity contribution in [3.05, 3.63) is 30.3 Å². The minimum absolute atomic E-state index is 0.0355. The summed E-state index contributed by atoms with van der Waals surface area (Å²) in [5.41, 5.74) is 1.81. The highest BCUT2D eigenvalue weighted by Gasteiger charge is 2.12. The van der Waals surface area contributed by atoms with Crippen molar-refractivity contribution in [1.29, 1.82) is 0 Å². The van der Waals surface area contributed by atoms with Gasteiger partial charge in [0.2, 0.25) is 0 Å². The molecule has 6 nitrogen and oxygen atoms in total. The third-order valence-corrected chi connectivity index (χ3v) is 3.42. The summed E-state index contributed by atoms with van der Waals surface area (Å²) >= 11 is 0. The average molecular weight is 319 g/mol. The Kier molecular flexibility index (Phi) is 6.43. The number of anilines is 1. The molecule has 2 rings (SSSR count). The Morgan fingerprint density at radius 1 is 1.35 bits per heavy atom. The second kappa shape index (κ2) is 8.55. The third-order valence-electron chi connectivity index (χ3n) is 3.42.